The first kappa shape index (κ1) is 19.0. The Morgan fingerprint density at radius 1 is 1.14 bits per heavy atom. The van der Waals surface area contributed by atoms with E-state index in [1.54, 1.807) is 30.3 Å². The van der Waals surface area contributed by atoms with Crippen LogP contribution in [0.2, 0.25) is 0 Å². The van der Waals surface area contributed by atoms with E-state index in [2.05, 4.69) is 4.52 Å². The van der Waals surface area contributed by atoms with Gasteiger partial charge in [0.25, 0.3) is 0 Å². The van der Waals surface area contributed by atoms with Crippen molar-refractivity contribution in [3.63, 3.8) is 0 Å². The van der Waals surface area contributed by atoms with Gasteiger partial charge < -0.3 is 18.9 Å². The van der Waals surface area contributed by atoms with Crippen LogP contribution in [0.1, 0.15) is 5.56 Å². The summed E-state index contributed by atoms with van der Waals surface area (Å²) in [5.41, 5.74) is 0.657. The van der Waals surface area contributed by atoms with Crippen LogP contribution in [0.25, 0.3) is 0 Å². The van der Waals surface area contributed by atoms with Crippen molar-refractivity contribution in [2.24, 2.45) is 0 Å². The second kappa shape index (κ2) is 9.61. The van der Waals surface area contributed by atoms with Crippen LogP contribution in [0.15, 0.2) is 30.3 Å². The molecule has 0 amide bonds. The fraction of sp³-hybridized carbons (Fsp3) is 0.143. The summed E-state index contributed by atoms with van der Waals surface area (Å²) in [6.07, 6.45) is 0. The fourth-order valence-electron chi connectivity index (χ4n) is 0.728. The second-order valence-electron chi connectivity index (χ2n) is 2.21. The van der Waals surface area contributed by atoms with Crippen molar-refractivity contribution in [1.82, 2.24) is 0 Å². The van der Waals surface area contributed by atoms with Gasteiger partial charge in [-0.3, -0.25) is 0 Å². The molecule has 1 aromatic rings. The molecule has 0 aliphatic rings. The fourth-order valence-corrected chi connectivity index (χ4v) is 1.04. The number of rotatable bonds is 3. The number of phosphoric acid groups is 1. The Morgan fingerprint density at radius 3 is 2.07 bits per heavy atom. The third-order valence-corrected chi connectivity index (χ3v) is 1.68. The Bertz CT molecular complexity index is 287. The maximum absolute atomic E-state index is 10.1. The van der Waals surface area contributed by atoms with Crippen LogP contribution in [-0.2, 0) is 15.7 Å². The summed E-state index contributed by atoms with van der Waals surface area (Å²) >= 11 is 0. The summed E-state index contributed by atoms with van der Waals surface area (Å²) in [6, 6.07) is 8.61. The molecule has 0 spiro atoms. The normalized spacial score (nSPS) is 9.86. The summed E-state index contributed by atoms with van der Waals surface area (Å²) in [4.78, 5) is 20.1. The maximum atomic E-state index is 10.1. The number of hydrogen-bond acceptors (Lipinski definition) is 4. The van der Waals surface area contributed by atoms with Crippen molar-refractivity contribution in [1.29, 1.82) is 0 Å². The first-order chi connectivity index (χ1) is 5.58. The summed E-state index contributed by atoms with van der Waals surface area (Å²) in [5, 5.41) is 0. The Morgan fingerprint density at radius 2 is 1.64 bits per heavy atom. The SMILES string of the molecule is O=P([O-])([O-])OCc1ccccc1.[K+].[K+]. The van der Waals surface area contributed by atoms with Crippen molar-refractivity contribution in [2.75, 3.05) is 0 Å². The molecule has 0 heterocycles. The topological polar surface area (TPSA) is 72.4 Å². The van der Waals surface area contributed by atoms with Crippen molar-refractivity contribution >= 4 is 7.82 Å². The summed E-state index contributed by atoms with van der Waals surface area (Å²) in [7, 11) is -4.83. The third-order valence-electron chi connectivity index (χ3n) is 1.23. The molecule has 4 nitrogen and oxygen atoms in total. The van der Waals surface area contributed by atoms with Gasteiger partial charge in [-0.1, -0.05) is 30.3 Å². The molecule has 0 saturated heterocycles. The molecule has 0 aromatic heterocycles. The van der Waals surface area contributed by atoms with E-state index >= 15 is 0 Å². The maximum Gasteiger partial charge on any atom is 1.00 e. The van der Waals surface area contributed by atoms with Crippen molar-refractivity contribution in [2.45, 2.75) is 6.61 Å². The zero-order chi connectivity index (χ0) is 9.03. The van der Waals surface area contributed by atoms with E-state index in [1.165, 1.54) is 0 Å². The first-order valence-corrected chi connectivity index (χ1v) is 4.74. The molecule has 0 unspecified atom stereocenters. The van der Waals surface area contributed by atoms with Gasteiger partial charge in [-0.15, -0.1) is 0 Å². The van der Waals surface area contributed by atoms with Gasteiger partial charge in [-0.25, -0.2) is 0 Å². The van der Waals surface area contributed by atoms with Gasteiger partial charge >= 0.3 is 103 Å². The van der Waals surface area contributed by atoms with Crippen molar-refractivity contribution < 1.29 is 122 Å². The molecule has 0 atom stereocenters. The number of benzene rings is 1. The van der Waals surface area contributed by atoms with E-state index in [1.807, 2.05) is 0 Å². The average Bonchev–Trinajstić information content (AvgIpc) is 2.02. The Hall–Kier alpha value is 2.60. The van der Waals surface area contributed by atoms with Crippen molar-refractivity contribution in [3.05, 3.63) is 35.9 Å². The van der Waals surface area contributed by atoms with Crippen LogP contribution >= 0.6 is 7.82 Å². The summed E-state index contributed by atoms with van der Waals surface area (Å²) in [5.74, 6) is 0. The molecule has 0 aliphatic carbocycles. The number of phosphoric ester groups is 1. The van der Waals surface area contributed by atoms with Crippen LogP contribution in [-0.4, -0.2) is 0 Å². The van der Waals surface area contributed by atoms with Gasteiger partial charge in [0.2, 0.25) is 0 Å². The summed E-state index contributed by atoms with van der Waals surface area (Å²) < 4.78 is 14.1. The molecule has 0 N–H and O–H groups in total. The molecular formula is C7H7K2O4P. The molecule has 0 radical (unpaired) electrons. The molecule has 66 valence electrons. The molecule has 1 rings (SSSR count). The van der Waals surface area contributed by atoms with Crippen LogP contribution < -0.4 is 113 Å². The predicted octanol–water partition coefficient (Wildman–Crippen LogP) is -5.96. The third kappa shape index (κ3) is 9.80. The number of hydrogen-bond donors (Lipinski definition) is 0. The van der Waals surface area contributed by atoms with E-state index in [-0.39, 0.29) is 109 Å². The second-order valence-corrected chi connectivity index (χ2v) is 3.36. The Balaban J connectivity index is 0. The standard InChI is InChI=1S/C7H9O4P.2K/c8-12(9,10)11-6-7-4-2-1-3-5-7;;/h1-5H,6H2,(H2,8,9,10);;/q;2*+1/p-2. The quantitative estimate of drug-likeness (QED) is 0.402. The van der Waals surface area contributed by atoms with Crippen molar-refractivity contribution in [3.8, 4) is 0 Å². The average molecular weight is 264 g/mol. The van der Waals surface area contributed by atoms with Gasteiger partial charge in [0.1, 0.15) is 0 Å². The minimum atomic E-state index is -4.83. The molecule has 0 aliphatic heterocycles. The molecule has 1 aromatic carbocycles. The summed E-state index contributed by atoms with van der Waals surface area (Å²) in [6.45, 7) is -0.189. The van der Waals surface area contributed by atoms with Gasteiger partial charge in [-0.05, 0) is 5.56 Å². The monoisotopic (exact) mass is 264 g/mol. The zero-order valence-electron chi connectivity index (χ0n) is 8.17. The smallest absolute Gasteiger partial charge is 0.790 e. The van der Waals surface area contributed by atoms with Gasteiger partial charge in [-0.2, -0.15) is 0 Å². The van der Waals surface area contributed by atoms with E-state index < -0.39 is 7.82 Å². The minimum Gasteiger partial charge on any atom is -0.790 e. The van der Waals surface area contributed by atoms with Crippen LogP contribution in [0.5, 0.6) is 0 Å². The molecule has 14 heavy (non-hydrogen) atoms. The van der Waals surface area contributed by atoms with Gasteiger partial charge in [0, 0.05) is 0 Å². The molecule has 0 fully saturated rings. The van der Waals surface area contributed by atoms with Crippen LogP contribution in [0.3, 0.4) is 0 Å². The largest absolute Gasteiger partial charge is 1.00 e. The molecule has 7 heteroatoms. The predicted molar refractivity (Wildman–Crippen MR) is 38.8 cm³/mol. The van der Waals surface area contributed by atoms with E-state index in [9.17, 15) is 14.4 Å². The van der Waals surface area contributed by atoms with E-state index in [4.69, 9.17) is 0 Å². The Kier molecular flexibility index (Phi) is 13.0. The zero-order valence-corrected chi connectivity index (χ0v) is 15.3. The first-order valence-electron chi connectivity index (χ1n) is 3.28. The molecule has 0 bridgehead atoms. The van der Waals surface area contributed by atoms with E-state index in [0.29, 0.717) is 5.56 Å². The van der Waals surface area contributed by atoms with E-state index in [0.717, 1.165) is 0 Å². The molecule has 0 saturated carbocycles. The van der Waals surface area contributed by atoms with Gasteiger partial charge in [0.05, 0.1) is 14.4 Å². The minimum absolute atomic E-state index is 0. The van der Waals surface area contributed by atoms with Crippen LogP contribution in [0, 0.1) is 0 Å². The van der Waals surface area contributed by atoms with Crippen LogP contribution in [0.4, 0.5) is 0 Å². The Labute approximate surface area is 168 Å². The molecular weight excluding hydrogens is 257 g/mol. The van der Waals surface area contributed by atoms with Gasteiger partial charge in [0.15, 0.2) is 0 Å².